The Kier molecular flexibility index (Phi) is 9.94. The molecule has 1 aromatic carbocycles. The minimum absolute atomic E-state index is 0. The molecule has 23 heavy (non-hydrogen) atoms. The molecule has 0 radical (unpaired) electrons. The Labute approximate surface area is 156 Å². The number of halogens is 3. The van der Waals surface area contributed by atoms with Gasteiger partial charge in [-0.2, -0.15) is 0 Å². The SMILES string of the molecule is CC(C)C[C@H](N)C(=O)N1CCN(c2ccc(Cl)cc2)CC1.Cl.Cl. The second-order valence-electron chi connectivity index (χ2n) is 6.02. The van der Waals surface area contributed by atoms with E-state index in [2.05, 4.69) is 18.7 Å². The van der Waals surface area contributed by atoms with Crippen molar-refractivity contribution in [3.63, 3.8) is 0 Å². The molecule has 4 nitrogen and oxygen atoms in total. The summed E-state index contributed by atoms with van der Waals surface area (Å²) in [5.41, 5.74) is 7.14. The Morgan fingerprint density at radius 3 is 2.13 bits per heavy atom. The molecule has 1 saturated heterocycles. The average molecular weight is 383 g/mol. The summed E-state index contributed by atoms with van der Waals surface area (Å²) in [7, 11) is 0. The third-order valence-electron chi connectivity index (χ3n) is 3.83. The van der Waals surface area contributed by atoms with Crippen LogP contribution in [0, 0.1) is 5.92 Å². The largest absolute Gasteiger partial charge is 0.368 e. The molecule has 0 aliphatic carbocycles. The molecule has 132 valence electrons. The van der Waals surface area contributed by atoms with Crippen LogP contribution in [0.1, 0.15) is 20.3 Å². The van der Waals surface area contributed by atoms with E-state index in [9.17, 15) is 4.79 Å². The summed E-state index contributed by atoms with van der Waals surface area (Å²) in [6.07, 6.45) is 0.746. The predicted molar refractivity (Wildman–Crippen MR) is 102 cm³/mol. The van der Waals surface area contributed by atoms with Gasteiger partial charge in [0.15, 0.2) is 0 Å². The molecule has 1 aliphatic heterocycles. The highest BCUT2D eigenvalue weighted by atomic mass is 35.5. The fourth-order valence-electron chi connectivity index (χ4n) is 2.68. The van der Waals surface area contributed by atoms with Gasteiger partial charge in [0.2, 0.25) is 5.91 Å². The molecule has 1 fully saturated rings. The number of nitrogens with two attached hydrogens (primary N) is 1. The number of rotatable bonds is 4. The smallest absolute Gasteiger partial charge is 0.239 e. The van der Waals surface area contributed by atoms with Gasteiger partial charge in [-0.1, -0.05) is 25.4 Å². The topological polar surface area (TPSA) is 49.6 Å². The van der Waals surface area contributed by atoms with Crippen LogP contribution in [0.3, 0.4) is 0 Å². The lowest BCUT2D eigenvalue weighted by atomic mass is 10.0. The fraction of sp³-hybridized carbons (Fsp3) is 0.562. The molecule has 1 amide bonds. The maximum atomic E-state index is 12.3. The van der Waals surface area contributed by atoms with E-state index in [-0.39, 0.29) is 36.8 Å². The van der Waals surface area contributed by atoms with Crippen molar-refractivity contribution in [3.8, 4) is 0 Å². The molecule has 2 N–H and O–H groups in total. The summed E-state index contributed by atoms with van der Waals surface area (Å²) in [5, 5.41) is 0.743. The van der Waals surface area contributed by atoms with Crippen LogP contribution in [0.15, 0.2) is 24.3 Å². The van der Waals surface area contributed by atoms with Crippen molar-refractivity contribution in [2.45, 2.75) is 26.3 Å². The van der Waals surface area contributed by atoms with Gasteiger partial charge in [-0.3, -0.25) is 4.79 Å². The van der Waals surface area contributed by atoms with Crippen LogP contribution in [-0.4, -0.2) is 43.0 Å². The van der Waals surface area contributed by atoms with E-state index in [4.69, 9.17) is 17.3 Å². The van der Waals surface area contributed by atoms with Gasteiger partial charge in [0.25, 0.3) is 0 Å². The molecule has 1 aromatic rings. The first-order valence-electron chi connectivity index (χ1n) is 7.52. The summed E-state index contributed by atoms with van der Waals surface area (Å²) >= 11 is 5.91. The Morgan fingerprint density at radius 1 is 1.13 bits per heavy atom. The molecule has 0 spiro atoms. The van der Waals surface area contributed by atoms with Gasteiger partial charge in [-0.15, -0.1) is 24.8 Å². The van der Waals surface area contributed by atoms with Gasteiger partial charge in [0.05, 0.1) is 6.04 Å². The molecule has 1 heterocycles. The summed E-state index contributed by atoms with van der Waals surface area (Å²) in [5.74, 6) is 0.527. The highest BCUT2D eigenvalue weighted by Gasteiger charge is 2.25. The van der Waals surface area contributed by atoms with E-state index in [1.807, 2.05) is 29.2 Å². The van der Waals surface area contributed by atoms with Gasteiger partial charge in [-0.25, -0.2) is 0 Å². The lowest BCUT2D eigenvalue weighted by Gasteiger charge is -2.37. The lowest BCUT2D eigenvalue weighted by molar-refractivity contribution is -0.133. The molecule has 0 saturated carbocycles. The highest BCUT2D eigenvalue weighted by Crippen LogP contribution is 2.19. The van der Waals surface area contributed by atoms with Gasteiger partial charge in [0, 0.05) is 36.9 Å². The number of hydrogen-bond donors (Lipinski definition) is 1. The van der Waals surface area contributed by atoms with E-state index >= 15 is 0 Å². The molecule has 1 aliphatic rings. The Balaban J connectivity index is 0.00000242. The van der Waals surface area contributed by atoms with Crippen molar-refractivity contribution >= 4 is 48.0 Å². The van der Waals surface area contributed by atoms with E-state index < -0.39 is 0 Å². The Bertz CT molecular complexity index is 474. The number of carbonyl (C=O) groups is 1. The summed E-state index contributed by atoms with van der Waals surface area (Å²) in [4.78, 5) is 16.4. The Morgan fingerprint density at radius 2 is 1.65 bits per heavy atom. The van der Waals surface area contributed by atoms with Gasteiger partial charge < -0.3 is 15.5 Å². The molecule has 0 aromatic heterocycles. The second kappa shape index (κ2) is 10.2. The molecule has 1 atom stereocenters. The number of hydrogen-bond acceptors (Lipinski definition) is 3. The summed E-state index contributed by atoms with van der Waals surface area (Å²) in [6.45, 7) is 7.31. The van der Waals surface area contributed by atoms with Crippen LogP contribution in [0.25, 0.3) is 0 Å². The summed E-state index contributed by atoms with van der Waals surface area (Å²) in [6, 6.07) is 7.46. The molecular formula is C16H26Cl3N3O. The van der Waals surface area contributed by atoms with Crippen LogP contribution in [0.4, 0.5) is 5.69 Å². The number of carbonyl (C=O) groups excluding carboxylic acids is 1. The monoisotopic (exact) mass is 381 g/mol. The fourth-order valence-corrected chi connectivity index (χ4v) is 2.81. The van der Waals surface area contributed by atoms with Crippen molar-refractivity contribution in [2.75, 3.05) is 31.1 Å². The number of nitrogens with zero attached hydrogens (tertiary/aromatic N) is 2. The first-order chi connectivity index (χ1) is 9.97. The van der Waals surface area contributed by atoms with Gasteiger partial charge in [0.1, 0.15) is 0 Å². The zero-order valence-electron chi connectivity index (χ0n) is 13.6. The standard InChI is InChI=1S/C16H24ClN3O.2ClH/c1-12(2)11-15(18)16(21)20-9-7-19(8-10-20)14-5-3-13(17)4-6-14;;/h3-6,12,15H,7-11,18H2,1-2H3;2*1H/t15-;;/m0../s1. The van der Waals surface area contributed by atoms with Crippen LogP contribution in [0.2, 0.25) is 5.02 Å². The molecule has 0 bridgehead atoms. The van der Waals surface area contributed by atoms with Crippen molar-refractivity contribution in [3.05, 3.63) is 29.3 Å². The van der Waals surface area contributed by atoms with Crippen molar-refractivity contribution in [1.29, 1.82) is 0 Å². The predicted octanol–water partition coefficient (Wildman–Crippen LogP) is 3.21. The van der Waals surface area contributed by atoms with E-state index in [0.717, 1.165) is 43.3 Å². The minimum Gasteiger partial charge on any atom is -0.368 e. The molecule has 7 heteroatoms. The zero-order chi connectivity index (χ0) is 15.4. The third kappa shape index (κ3) is 6.38. The number of anilines is 1. The van der Waals surface area contributed by atoms with E-state index in [1.54, 1.807) is 0 Å². The first kappa shape index (κ1) is 22.3. The molecular weight excluding hydrogens is 357 g/mol. The number of amides is 1. The van der Waals surface area contributed by atoms with Crippen LogP contribution in [0.5, 0.6) is 0 Å². The zero-order valence-corrected chi connectivity index (χ0v) is 16.0. The van der Waals surface area contributed by atoms with Crippen LogP contribution in [-0.2, 0) is 4.79 Å². The normalized spacial score (nSPS) is 15.7. The van der Waals surface area contributed by atoms with Gasteiger partial charge in [-0.05, 0) is 36.6 Å². The van der Waals surface area contributed by atoms with Crippen molar-refractivity contribution in [1.82, 2.24) is 4.90 Å². The maximum Gasteiger partial charge on any atom is 0.239 e. The maximum absolute atomic E-state index is 12.3. The van der Waals surface area contributed by atoms with Crippen LogP contribution < -0.4 is 10.6 Å². The van der Waals surface area contributed by atoms with Crippen molar-refractivity contribution in [2.24, 2.45) is 11.7 Å². The molecule has 2 rings (SSSR count). The first-order valence-corrected chi connectivity index (χ1v) is 7.90. The third-order valence-corrected chi connectivity index (χ3v) is 4.08. The number of benzene rings is 1. The highest BCUT2D eigenvalue weighted by molar-refractivity contribution is 6.30. The Hall–Kier alpha value is -0.680. The quantitative estimate of drug-likeness (QED) is 0.870. The second-order valence-corrected chi connectivity index (χ2v) is 6.46. The summed E-state index contributed by atoms with van der Waals surface area (Å²) < 4.78 is 0. The van der Waals surface area contributed by atoms with E-state index in [0.29, 0.717) is 5.92 Å². The van der Waals surface area contributed by atoms with Crippen LogP contribution >= 0.6 is 36.4 Å². The molecule has 0 unspecified atom stereocenters. The number of piperazine rings is 1. The van der Waals surface area contributed by atoms with Crippen molar-refractivity contribution < 1.29 is 4.79 Å². The lowest BCUT2D eigenvalue weighted by Crippen LogP contribution is -2.53. The average Bonchev–Trinajstić information content (AvgIpc) is 2.47. The van der Waals surface area contributed by atoms with E-state index in [1.165, 1.54) is 0 Å². The minimum atomic E-state index is -0.368. The van der Waals surface area contributed by atoms with Gasteiger partial charge >= 0.3 is 0 Å².